The lowest BCUT2D eigenvalue weighted by Gasteiger charge is -2.17. The molecule has 2 aromatic rings. The van der Waals surface area contributed by atoms with E-state index in [1.807, 2.05) is 36.5 Å². The Morgan fingerprint density at radius 2 is 1.91 bits per heavy atom. The first-order valence-electron chi connectivity index (χ1n) is 7.46. The van der Waals surface area contributed by atoms with Crippen molar-refractivity contribution in [3.8, 4) is 0 Å². The number of halogens is 1. The second kappa shape index (κ2) is 7.09. The van der Waals surface area contributed by atoms with Crippen LogP contribution in [0.25, 0.3) is 0 Å². The van der Waals surface area contributed by atoms with Crippen LogP contribution in [-0.4, -0.2) is 24.0 Å². The van der Waals surface area contributed by atoms with Crippen LogP contribution in [0.1, 0.15) is 28.8 Å². The average molecular weight is 407 g/mol. The molecule has 1 N–H and O–H groups in total. The monoisotopic (exact) mass is 407 g/mol. The van der Waals surface area contributed by atoms with Crippen molar-refractivity contribution in [1.82, 2.24) is 10.3 Å². The highest BCUT2D eigenvalue weighted by Gasteiger charge is 2.13. The van der Waals surface area contributed by atoms with Gasteiger partial charge in [0.05, 0.1) is 0 Å². The number of pyridine rings is 1. The van der Waals surface area contributed by atoms with E-state index < -0.39 is 0 Å². The van der Waals surface area contributed by atoms with Gasteiger partial charge in [-0.15, -0.1) is 0 Å². The highest BCUT2D eigenvalue weighted by atomic mass is 127. The first kappa shape index (κ1) is 15.3. The van der Waals surface area contributed by atoms with Crippen LogP contribution in [0.5, 0.6) is 0 Å². The van der Waals surface area contributed by atoms with Gasteiger partial charge >= 0.3 is 0 Å². The minimum Gasteiger partial charge on any atom is -0.357 e. The fourth-order valence-corrected chi connectivity index (χ4v) is 2.93. The van der Waals surface area contributed by atoms with E-state index in [4.69, 9.17) is 0 Å². The maximum absolute atomic E-state index is 12.1. The molecule has 0 radical (unpaired) electrons. The van der Waals surface area contributed by atoms with E-state index in [9.17, 15) is 4.79 Å². The molecule has 1 aromatic carbocycles. The largest absolute Gasteiger partial charge is 0.357 e. The molecule has 1 amide bonds. The quantitative estimate of drug-likeness (QED) is 0.792. The van der Waals surface area contributed by atoms with Crippen LogP contribution in [0.2, 0.25) is 0 Å². The van der Waals surface area contributed by atoms with Crippen molar-refractivity contribution in [3.05, 3.63) is 57.3 Å². The third kappa shape index (κ3) is 3.76. The molecule has 114 valence electrons. The van der Waals surface area contributed by atoms with Crippen molar-refractivity contribution in [1.29, 1.82) is 0 Å². The molecule has 5 heteroatoms. The second-order valence-corrected chi connectivity index (χ2v) is 6.65. The van der Waals surface area contributed by atoms with Gasteiger partial charge in [0.2, 0.25) is 0 Å². The van der Waals surface area contributed by atoms with Crippen LogP contribution >= 0.6 is 22.6 Å². The number of anilines is 1. The van der Waals surface area contributed by atoms with Crippen LogP contribution in [-0.2, 0) is 6.54 Å². The van der Waals surface area contributed by atoms with Crippen molar-refractivity contribution < 1.29 is 4.79 Å². The van der Waals surface area contributed by atoms with E-state index in [-0.39, 0.29) is 5.91 Å². The Bertz CT molecular complexity index is 651. The molecule has 4 nitrogen and oxygen atoms in total. The van der Waals surface area contributed by atoms with Crippen molar-refractivity contribution >= 4 is 34.3 Å². The topological polar surface area (TPSA) is 45.2 Å². The Morgan fingerprint density at radius 1 is 1.18 bits per heavy atom. The zero-order valence-electron chi connectivity index (χ0n) is 12.3. The first-order valence-corrected chi connectivity index (χ1v) is 8.54. The Labute approximate surface area is 144 Å². The standard InChI is InChI=1S/C17H18IN3O/c18-15-5-3-14(4-6-15)17(22)20-12-13-7-8-19-16(11-13)21-9-1-2-10-21/h3-8,11H,1-2,9-10,12H2,(H,20,22). The van der Waals surface area contributed by atoms with Crippen LogP contribution in [0.15, 0.2) is 42.6 Å². The number of carbonyl (C=O) groups excluding carboxylic acids is 1. The van der Waals surface area contributed by atoms with Gasteiger partial charge in [0.1, 0.15) is 5.82 Å². The molecule has 1 saturated heterocycles. The summed E-state index contributed by atoms with van der Waals surface area (Å²) in [5.74, 6) is 0.967. The van der Waals surface area contributed by atoms with Gasteiger partial charge in [0.15, 0.2) is 0 Å². The summed E-state index contributed by atoms with van der Waals surface area (Å²) in [6.45, 7) is 2.67. The summed E-state index contributed by atoms with van der Waals surface area (Å²) in [6, 6.07) is 11.6. The van der Waals surface area contributed by atoms with E-state index in [0.29, 0.717) is 12.1 Å². The van der Waals surface area contributed by atoms with Gasteiger partial charge in [-0.05, 0) is 77.4 Å². The maximum atomic E-state index is 12.1. The first-order chi connectivity index (χ1) is 10.7. The van der Waals surface area contributed by atoms with Gasteiger partial charge in [-0.1, -0.05) is 0 Å². The summed E-state index contributed by atoms with van der Waals surface area (Å²) < 4.78 is 1.12. The van der Waals surface area contributed by atoms with Crippen molar-refractivity contribution in [2.24, 2.45) is 0 Å². The van der Waals surface area contributed by atoms with Crippen LogP contribution in [0.4, 0.5) is 5.82 Å². The molecule has 0 atom stereocenters. The smallest absolute Gasteiger partial charge is 0.251 e. The summed E-state index contributed by atoms with van der Waals surface area (Å²) in [4.78, 5) is 18.9. The Kier molecular flexibility index (Phi) is 4.92. The normalized spacial score (nSPS) is 14.1. The molecule has 0 spiro atoms. The van der Waals surface area contributed by atoms with E-state index in [1.165, 1.54) is 12.8 Å². The van der Waals surface area contributed by atoms with Gasteiger partial charge in [-0.3, -0.25) is 4.79 Å². The van der Waals surface area contributed by atoms with Crippen LogP contribution < -0.4 is 10.2 Å². The highest BCUT2D eigenvalue weighted by molar-refractivity contribution is 14.1. The fraction of sp³-hybridized carbons (Fsp3) is 0.294. The minimum absolute atomic E-state index is 0.0454. The zero-order valence-corrected chi connectivity index (χ0v) is 14.4. The number of rotatable bonds is 4. The van der Waals surface area contributed by atoms with Crippen molar-refractivity contribution in [3.63, 3.8) is 0 Å². The van der Waals surface area contributed by atoms with Crippen molar-refractivity contribution in [2.75, 3.05) is 18.0 Å². The summed E-state index contributed by atoms with van der Waals surface area (Å²) in [5, 5.41) is 2.96. The Morgan fingerprint density at radius 3 is 2.64 bits per heavy atom. The average Bonchev–Trinajstić information content (AvgIpc) is 3.08. The SMILES string of the molecule is O=C(NCc1ccnc(N2CCCC2)c1)c1ccc(I)cc1. The third-order valence-corrected chi connectivity index (χ3v) is 4.52. The molecule has 3 rings (SSSR count). The van der Waals surface area contributed by atoms with Crippen molar-refractivity contribution in [2.45, 2.75) is 19.4 Å². The number of amides is 1. The molecule has 0 unspecified atom stereocenters. The molecule has 1 aliphatic rings. The van der Waals surface area contributed by atoms with E-state index in [0.717, 1.165) is 28.0 Å². The molecular weight excluding hydrogens is 389 g/mol. The van der Waals surface area contributed by atoms with Gasteiger partial charge in [0.25, 0.3) is 5.91 Å². The van der Waals surface area contributed by atoms with E-state index in [2.05, 4.69) is 43.9 Å². The number of carbonyl (C=O) groups is 1. The predicted molar refractivity (Wildman–Crippen MR) is 96.0 cm³/mol. The summed E-state index contributed by atoms with van der Waals surface area (Å²) in [7, 11) is 0. The molecule has 1 aliphatic heterocycles. The zero-order chi connectivity index (χ0) is 15.4. The number of aromatic nitrogens is 1. The molecule has 0 aliphatic carbocycles. The fourth-order valence-electron chi connectivity index (χ4n) is 2.58. The molecular formula is C17H18IN3O. The highest BCUT2D eigenvalue weighted by Crippen LogP contribution is 2.18. The van der Waals surface area contributed by atoms with Gasteiger partial charge in [0, 0.05) is 35.0 Å². The molecule has 1 fully saturated rings. The Hall–Kier alpha value is -1.63. The number of nitrogens with zero attached hydrogens (tertiary/aromatic N) is 2. The Balaban J connectivity index is 1.62. The number of nitrogens with one attached hydrogen (secondary N) is 1. The van der Waals surface area contributed by atoms with Gasteiger partial charge in [-0.25, -0.2) is 4.98 Å². The van der Waals surface area contributed by atoms with Crippen LogP contribution in [0.3, 0.4) is 0 Å². The lowest BCUT2D eigenvalue weighted by molar-refractivity contribution is 0.0951. The van der Waals surface area contributed by atoms with Gasteiger partial charge in [-0.2, -0.15) is 0 Å². The number of hydrogen-bond donors (Lipinski definition) is 1. The lowest BCUT2D eigenvalue weighted by atomic mass is 10.2. The summed E-state index contributed by atoms with van der Waals surface area (Å²) >= 11 is 2.23. The number of benzene rings is 1. The van der Waals surface area contributed by atoms with Gasteiger partial charge < -0.3 is 10.2 Å². The predicted octanol–water partition coefficient (Wildman–Crippen LogP) is 3.22. The molecule has 22 heavy (non-hydrogen) atoms. The maximum Gasteiger partial charge on any atom is 0.251 e. The molecule has 1 aromatic heterocycles. The molecule has 0 bridgehead atoms. The number of hydrogen-bond acceptors (Lipinski definition) is 3. The molecule has 0 saturated carbocycles. The third-order valence-electron chi connectivity index (χ3n) is 3.80. The summed E-state index contributed by atoms with van der Waals surface area (Å²) in [6.07, 6.45) is 4.28. The van der Waals surface area contributed by atoms with E-state index >= 15 is 0 Å². The van der Waals surface area contributed by atoms with E-state index in [1.54, 1.807) is 0 Å². The van der Waals surface area contributed by atoms with Crippen LogP contribution in [0, 0.1) is 3.57 Å². The lowest BCUT2D eigenvalue weighted by Crippen LogP contribution is -2.23. The molecule has 2 heterocycles. The second-order valence-electron chi connectivity index (χ2n) is 5.41. The minimum atomic E-state index is -0.0454. The summed E-state index contributed by atoms with van der Waals surface area (Å²) in [5.41, 5.74) is 1.77.